The lowest BCUT2D eigenvalue weighted by Crippen LogP contribution is -2.32. The number of aliphatic hydroxyl groups excluding tert-OH is 1. The third-order valence-corrected chi connectivity index (χ3v) is 1.51. The second-order valence-electron chi connectivity index (χ2n) is 2.54. The summed E-state index contributed by atoms with van der Waals surface area (Å²) in [4.78, 5) is 0. The molecule has 0 saturated heterocycles. The van der Waals surface area contributed by atoms with Crippen LogP contribution in [0.25, 0.3) is 0 Å². The molecule has 10 heavy (non-hydrogen) atoms. The molecule has 2 atom stereocenters. The van der Waals surface area contributed by atoms with Crippen LogP contribution in [0.3, 0.4) is 0 Å². The predicted octanol–water partition coefficient (Wildman–Crippen LogP) is 0.121. The zero-order chi connectivity index (χ0) is 7.98. The van der Waals surface area contributed by atoms with Gasteiger partial charge in [0.25, 0.3) is 0 Å². The van der Waals surface area contributed by atoms with Crippen molar-refractivity contribution in [3.05, 3.63) is 0 Å². The van der Waals surface area contributed by atoms with Crippen LogP contribution in [-0.4, -0.2) is 31.0 Å². The van der Waals surface area contributed by atoms with E-state index < -0.39 is 6.10 Å². The average Bonchev–Trinajstić information content (AvgIpc) is 1.88. The monoisotopic (exact) mass is 147 g/mol. The molecule has 3 heteroatoms. The first-order chi connectivity index (χ1) is 4.68. The molecule has 0 aliphatic rings. The molecule has 0 radical (unpaired) electrons. The fourth-order valence-corrected chi connectivity index (χ4v) is 0.705. The highest BCUT2D eigenvalue weighted by molar-refractivity contribution is 4.66. The van der Waals surface area contributed by atoms with Crippen LogP contribution >= 0.6 is 0 Å². The van der Waals surface area contributed by atoms with Gasteiger partial charge in [-0.25, -0.2) is 0 Å². The summed E-state index contributed by atoms with van der Waals surface area (Å²) in [5, 5.41) is 8.95. The highest BCUT2D eigenvalue weighted by atomic mass is 16.5. The van der Waals surface area contributed by atoms with E-state index in [0.717, 1.165) is 19.4 Å². The summed E-state index contributed by atoms with van der Waals surface area (Å²) in [5.74, 6) is 0. The minimum Gasteiger partial charge on any atom is -0.392 e. The molecular formula is C7H17NO2. The molecule has 3 nitrogen and oxygen atoms in total. The van der Waals surface area contributed by atoms with Crippen molar-refractivity contribution in [3.63, 3.8) is 0 Å². The largest absolute Gasteiger partial charge is 0.392 e. The zero-order valence-corrected chi connectivity index (χ0v) is 6.71. The number of aliphatic hydroxyl groups is 1. The summed E-state index contributed by atoms with van der Waals surface area (Å²) >= 11 is 0. The second kappa shape index (κ2) is 5.65. The number of methoxy groups -OCH3 is 1. The molecule has 0 aliphatic carbocycles. The molecule has 0 aromatic carbocycles. The van der Waals surface area contributed by atoms with E-state index in [1.807, 2.05) is 0 Å². The van der Waals surface area contributed by atoms with Crippen molar-refractivity contribution in [1.82, 2.24) is 0 Å². The van der Waals surface area contributed by atoms with Crippen molar-refractivity contribution < 1.29 is 9.84 Å². The lowest BCUT2D eigenvalue weighted by Gasteiger charge is -2.13. The van der Waals surface area contributed by atoms with Crippen LogP contribution in [0.4, 0.5) is 0 Å². The van der Waals surface area contributed by atoms with Gasteiger partial charge in [0.2, 0.25) is 0 Å². The fourth-order valence-electron chi connectivity index (χ4n) is 0.705. The molecule has 0 spiro atoms. The van der Waals surface area contributed by atoms with Gasteiger partial charge in [0.05, 0.1) is 6.10 Å². The Bertz CT molecular complexity index is 76.0. The number of hydrogen-bond donors (Lipinski definition) is 2. The van der Waals surface area contributed by atoms with Gasteiger partial charge in [0, 0.05) is 19.8 Å². The molecule has 0 rings (SSSR count). The van der Waals surface area contributed by atoms with Gasteiger partial charge in [-0.3, -0.25) is 0 Å². The van der Waals surface area contributed by atoms with Crippen LogP contribution in [0.15, 0.2) is 0 Å². The molecule has 62 valence electrons. The summed E-state index contributed by atoms with van der Waals surface area (Å²) in [6.07, 6.45) is 1.34. The Morgan fingerprint density at radius 2 is 2.20 bits per heavy atom. The topological polar surface area (TPSA) is 55.5 Å². The van der Waals surface area contributed by atoms with E-state index in [-0.39, 0.29) is 6.04 Å². The minimum atomic E-state index is -0.406. The Hall–Kier alpha value is -0.120. The molecule has 2 unspecified atom stereocenters. The number of ether oxygens (including phenoxy) is 1. The molecule has 3 N–H and O–H groups in total. The average molecular weight is 147 g/mol. The maximum Gasteiger partial charge on any atom is 0.0663 e. The van der Waals surface area contributed by atoms with Crippen LogP contribution < -0.4 is 5.73 Å². The van der Waals surface area contributed by atoms with Crippen molar-refractivity contribution in [2.75, 3.05) is 13.7 Å². The summed E-state index contributed by atoms with van der Waals surface area (Å²) < 4.78 is 4.83. The Kier molecular flexibility index (Phi) is 5.58. The van der Waals surface area contributed by atoms with Crippen LogP contribution in [0, 0.1) is 0 Å². The van der Waals surface area contributed by atoms with Gasteiger partial charge >= 0.3 is 0 Å². The molecule has 0 saturated carbocycles. The van der Waals surface area contributed by atoms with Gasteiger partial charge in [-0.15, -0.1) is 0 Å². The molecule has 0 bridgehead atoms. The summed E-state index contributed by atoms with van der Waals surface area (Å²) in [6, 6.07) is -0.102. The Morgan fingerprint density at radius 1 is 1.60 bits per heavy atom. The molecule has 0 aromatic heterocycles. The highest BCUT2D eigenvalue weighted by Gasteiger charge is 2.07. The van der Waals surface area contributed by atoms with Gasteiger partial charge in [0.15, 0.2) is 0 Å². The summed E-state index contributed by atoms with van der Waals surface area (Å²) in [7, 11) is 1.66. The molecule has 0 aromatic rings. The zero-order valence-electron chi connectivity index (χ0n) is 6.71. The number of nitrogens with two attached hydrogens (primary N) is 1. The third kappa shape index (κ3) is 4.73. The highest BCUT2D eigenvalue weighted by Crippen LogP contribution is 1.98. The van der Waals surface area contributed by atoms with E-state index in [1.54, 1.807) is 14.0 Å². The summed E-state index contributed by atoms with van der Waals surface area (Å²) in [6.45, 7) is 2.43. The van der Waals surface area contributed by atoms with Crippen LogP contribution in [0.5, 0.6) is 0 Å². The van der Waals surface area contributed by atoms with E-state index in [4.69, 9.17) is 15.6 Å². The SMILES string of the molecule is COCCCC(N)C(C)O. The third-order valence-electron chi connectivity index (χ3n) is 1.51. The van der Waals surface area contributed by atoms with Gasteiger partial charge < -0.3 is 15.6 Å². The first-order valence-electron chi connectivity index (χ1n) is 3.61. The van der Waals surface area contributed by atoms with E-state index in [2.05, 4.69) is 0 Å². The Balaban J connectivity index is 3.13. The normalized spacial score (nSPS) is 16.8. The lowest BCUT2D eigenvalue weighted by molar-refractivity contribution is 0.144. The molecule has 0 heterocycles. The smallest absolute Gasteiger partial charge is 0.0663 e. The van der Waals surface area contributed by atoms with Crippen molar-refractivity contribution >= 4 is 0 Å². The van der Waals surface area contributed by atoms with Crippen molar-refractivity contribution in [2.24, 2.45) is 5.73 Å². The predicted molar refractivity (Wildman–Crippen MR) is 40.8 cm³/mol. The summed E-state index contributed by atoms with van der Waals surface area (Å²) in [5.41, 5.74) is 5.55. The van der Waals surface area contributed by atoms with Gasteiger partial charge in [-0.2, -0.15) is 0 Å². The van der Waals surface area contributed by atoms with Crippen LogP contribution in [0.1, 0.15) is 19.8 Å². The lowest BCUT2D eigenvalue weighted by atomic mass is 10.1. The van der Waals surface area contributed by atoms with E-state index >= 15 is 0 Å². The van der Waals surface area contributed by atoms with Crippen molar-refractivity contribution in [2.45, 2.75) is 31.9 Å². The van der Waals surface area contributed by atoms with Crippen LogP contribution in [-0.2, 0) is 4.74 Å². The van der Waals surface area contributed by atoms with E-state index in [0.29, 0.717) is 0 Å². The Morgan fingerprint density at radius 3 is 2.60 bits per heavy atom. The quantitative estimate of drug-likeness (QED) is 0.543. The Labute approximate surface area is 62.2 Å². The maximum atomic E-state index is 8.95. The second-order valence-corrected chi connectivity index (χ2v) is 2.54. The fraction of sp³-hybridized carbons (Fsp3) is 1.00. The first-order valence-corrected chi connectivity index (χ1v) is 3.61. The maximum absolute atomic E-state index is 8.95. The molecular weight excluding hydrogens is 130 g/mol. The minimum absolute atomic E-state index is 0.102. The number of hydrogen-bond acceptors (Lipinski definition) is 3. The van der Waals surface area contributed by atoms with Gasteiger partial charge in [-0.05, 0) is 19.8 Å². The van der Waals surface area contributed by atoms with Gasteiger partial charge in [0.1, 0.15) is 0 Å². The standard InChI is InChI=1S/C7H17NO2/c1-6(9)7(8)4-3-5-10-2/h6-7,9H,3-5,8H2,1-2H3. The molecule has 0 fully saturated rings. The molecule has 0 amide bonds. The number of rotatable bonds is 5. The van der Waals surface area contributed by atoms with E-state index in [9.17, 15) is 0 Å². The van der Waals surface area contributed by atoms with Crippen molar-refractivity contribution in [1.29, 1.82) is 0 Å². The van der Waals surface area contributed by atoms with Gasteiger partial charge in [-0.1, -0.05) is 0 Å². The molecule has 0 aliphatic heterocycles. The first kappa shape index (κ1) is 9.88. The van der Waals surface area contributed by atoms with Crippen LogP contribution in [0.2, 0.25) is 0 Å². The van der Waals surface area contributed by atoms with E-state index in [1.165, 1.54) is 0 Å². The van der Waals surface area contributed by atoms with Crippen molar-refractivity contribution in [3.8, 4) is 0 Å².